The Bertz CT molecular complexity index is 801. The van der Waals surface area contributed by atoms with E-state index < -0.39 is 0 Å². The topological polar surface area (TPSA) is 76.7 Å². The summed E-state index contributed by atoms with van der Waals surface area (Å²) < 4.78 is 8.43. The van der Waals surface area contributed by atoms with Crippen molar-refractivity contribution in [2.45, 2.75) is 0 Å². The first-order valence-corrected chi connectivity index (χ1v) is 7.11. The molecule has 2 aromatic heterocycles. The number of nitrogens with two attached hydrogens (primary N) is 1. The number of fused-ring (bicyclic) bond motifs is 1. The lowest BCUT2D eigenvalue weighted by molar-refractivity contribution is 1.29. The van der Waals surface area contributed by atoms with Crippen molar-refractivity contribution >= 4 is 62.9 Å². The Morgan fingerprint density at radius 1 is 1.30 bits per heavy atom. The summed E-state index contributed by atoms with van der Waals surface area (Å²) in [6.45, 7) is 0. The molecular formula is C12H8ClN5S2. The van der Waals surface area contributed by atoms with Gasteiger partial charge in [-0.1, -0.05) is 23.8 Å². The molecule has 0 unspecified atom stereocenters. The number of hydrogen-bond acceptors (Lipinski definition) is 6. The van der Waals surface area contributed by atoms with Gasteiger partial charge in [0.1, 0.15) is 21.7 Å². The van der Waals surface area contributed by atoms with Crippen LogP contribution in [0.5, 0.6) is 0 Å². The van der Waals surface area contributed by atoms with E-state index in [9.17, 15) is 0 Å². The molecule has 8 heteroatoms. The standard InChI is InChI=1S/C12H8ClN5S2/c13-6-3-4-8-10(18-20-17-8)9(6)16-7-2-1-5-15-11(7)12(14)19/h1-5,16H,(H2,14,19). The molecule has 0 saturated carbocycles. The molecule has 5 nitrogen and oxygen atoms in total. The summed E-state index contributed by atoms with van der Waals surface area (Å²) in [5, 5.41) is 3.74. The quantitative estimate of drug-likeness (QED) is 0.722. The Hall–Kier alpha value is -1.83. The van der Waals surface area contributed by atoms with Crippen LogP contribution in [0.2, 0.25) is 5.02 Å². The SMILES string of the molecule is NC(=S)c1ncccc1Nc1c(Cl)ccc2nsnc12. The van der Waals surface area contributed by atoms with Gasteiger partial charge in [-0.2, -0.15) is 8.75 Å². The van der Waals surface area contributed by atoms with Crippen molar-refractivity contribution in [3.63, 3.8) is 0 Å². The van der Waals surface area contributed by atoms with Crippen LogP contribution in [0.4, 0.5) is 11.4 Å². The van der Waals surface area contributed by atoms with E-state index in [0.717, 1.165) is 17.2 Å². The molecule has 0 amide bonds. The van der Waals surface area contributed by atoms with Crippen molar-refractivity contribution in [1.29, 1.82) is 0 Å². The van der Waals surface area contributed by atoms with Crippen LogP contribution in [0.1, 0.15) is 5.69 Å². The van der Waals surface area contributed by atoms with Crippen LogP contribution in [0.15, 0.2) is 30.5 Å². The minimum absolute atomic E-state index is 0.216. The number of thiocarbonyl (C=S) groups is 1. The summed E-state index contributed by atoms with van der Waals surface area (Å²) in [5.41, 5.74) is 9.02. The van der Waals surface area contributed by atoms with Crippen LogP contribution >= 0.6 is 35.5 Å². The van der Waals surface area contributed by atoms with Crippen LogP contribution in [0, 0.1) is 0 Å². The van der Waals surface area contributed by atoms with Gasteiger partial charge in [0.15, 0.2) is 0 Å². The number of rotatable bonds is 3. The van der Waals surface area contributed by atoms with Crippen molar-refractivity contribution in [2.75, 3.05) is 5.32 Å². The fourth-order valence-electron chi connectivity index (χ4n) is 1.78. The number of hydrogen-bond donors (Lipinski definition) is 2. The Kier molecular flexibility index (Phi) is 3.47. The molecule has 0 bridgehead atoms. The highest BCUT2D eigenvalue weighted by Gasteiger charge is 2.13. The minimum Gasteiger partial charge on any atom is -0.388 e. The Morgan fingerprint density at radius 2 is 2.15 bits per heavy atom. The molecule has 3 aromatic rings. The third kappa shape index (κ3) is 2.31. The summed E-state index contributed by atoms with van der Waals surface area (Å²) in [6, 6.07) is 7.21. The van der Waals surface area contributed by atoms with E-state index in [1.165, 1.54) is 0 Å². The number of pyridine rings is 1. The number of benzene rings is 1. The summed E-state index contributed by atoms with van der Waals surface area (Å²) in [4.78, 5) is 4.38. The van der Waals surface area contributed by atoms with E-state index in [1.807, 2.05) is 12.1 Å². The lowest BCUT2D eigenvalue weighted by atomic mass is 10.2. The Balaban J connectivity index is 2.12. The molecule has 3 N–H and O–H groups in total. The maximum absolute atomic E-state index is 6.23. The smallest absolute Gasteiger partial charge is 0.129 e. The minimum atomic E-state index is 0.216. The lowest BCUT2D eigenvalue weighted by Crippen LogP contribution is -2.14. The summed E-state index contributed by atoms with van der Waals surface area (Å²) in [7, 11) is 0. The second-order valence-corrected chi connectivity index (χ2v) is 5.32. The van der Waals surface area contributed by atoms with Crippen LogP contribution < -0.4 is 11.1 Å². The molecular weight excluding hydrogens is 314 g/mol. The van der Waals surface area contributed by atoms with Gasteiger partial charge in [-0.25, -0.2) is 0 Å². The first-order valence-electron chi connectivity index (χ1n) is 5.59. The molecule has 100 valence electrons. The summed E-state index contributed by atoms with van der Waals surface area (Å²) in [5.74, 6) is 0. The average Bonchev–Trinajstić information content (AvgIpc) is 2.91. The number of nitrogens with one attached hydrogen (secondary N) is 1. The molecule has 20 heavy (non-hydrogen) atoms. The average molecular weight is 322 g/mol. The molecule has 0 aliphatic rings. The molecule has 3 rings (SSSR count). The van der Waals surface area contributed by atoms with Gasteiger partial charge in [0.25, 0.3) is 0 Å². The van der Waals surface area contributed by atoms with Gasteiger partial charge in [-0.15, -0.1) is 0 Å². The molecule has 0 radical (unpaired) electrons. The van der Waals surface area contributed by atoms with Gasteiger partial charge in [0, 0.05) is 6.20 Å². The van der Waals surface area contributed by atoms with Crippen molar-refractivity contribution in [3.05, 3.63) is 41.2 Å². The fraction of sp³-hybridized carbons (Fsp3) is 0. The zero-order valence-corrected chi connectivity index (χ0v) is 12.4. The normalized spacial score (nSPS) is 10.7. The maximum Gasteiger partial charge on any atom is 0.129 e. The monoisotopic (exact) mass is 321 g/mol. The maximum atomic E-state index is 6.23. The number of anilines is 2. The predicted molar refractivity (Wildman–Crippen MR) is 85.8 cm³/mol. The lowest BCUT2D eigenvalue weighted by Gasteiger charge is -2.11. The number of nitrogens with zero attached hydrogens (tertiary/aromatic N) is 3. The molecule has 0 aliphatic heterocycles. The van der Waals surface area contributed by atoms with Gasteiger partial charge >= 0.3 is 0 Å². The van der Waals surface area contributed by atoms with Crippen LogP contribution in [-0.4, -0.2) is 18.7 Å². The molecule has 0 saturated heterocycles. The highest BCUT2D eigenvalue weighted by molar-refractivity contribution is 7.80. The predicted octanol–water partition coefficient (Wildman–Crippen LogP) is 3.12. The van der Waals surface area contributed by atoms with E-state index >= 15 is 0 Å². The highest BCUT2D eigenvalue weighted by Crippen LogP contribution is 2.33. The van der Waals surface area contributed by atoms with E-state index in [2.05, 4.69) is 19.0 Å². The molecule has 0 spiro atoms. The van der Waals surface area contributed by atoms with Crippen LogP contribution in [0.25, 0.3) is 11.0 Å². The second kappa shape index (κ2) is 5.28. The van der Waals surface area contributed by atoms with E-state index in [1.54, 1.807) is 18.3 Å². The Labute approximate surface area is 129 Å². The molecule has 0 fully saturated rings. The first-order chi connectivity index (χ1) is 9.66. The van der Waals surface area contributed by atoms with E-state index in [4.69, 9.17) is 29.6 Å². The van der Waals surface area contributed by atoms with E-state index in [0.29, 0.717) is 27.6 Å². The fourth-order valence-corrected chi connectivity index (χ4v) is 2.69. The van der Waals surface area contributed by atoms with Crippen LogP contribution in [-0.2, 0) is 0 Å². The Morgan fingerprint density at radius 3 is 2.95 bits per heavy atom. The van der Waals surface area contributed by atoms with Gasteiger partial charge in [0.2, 0.25) is 0 Å². The van der Waals surface area contributed by atoms with Crippen molar-refractivity contribution in [3.8, 4) is 0 Å². The largest absolute Gasteiger partial charge is 0.388 e. The van der Waals surface area contributed by atoms with E-state index in [-0.39, 0.29) is 4.99 Å². The summed E-state index contributed by atoms with van der Waals surface area (Å²) >= 11 is 12.4. The molecule has 1 aromatic carbocycles. The zero-order valence-electron chi connectivity index (χ0n) is 10.0. The van der Waals surface area contributed by atoms with Gasteiger partial charge < -0.3 is 11.1 Å². The zero-order chi connectivity index (χ0) is 14.1. The van der Waals surface area contributed by atoms with Crippen molar-refractivity contribution in [2.24, 2.45) is 5.73 Å². The summed E-state index contributed by atoms with van der Waals surface area (Å²) in [6.07, 6.45) is 1.63. The number of halogens is 1. The molecule has 2 heterocycles. The van der Waals surface area contributed by atoms with Crippen LogP contribution in [0.3, 0.4) is 0 Å². The van der Waals surface area contributed by atoms with Gasteiger partial charge in [-0.3, -0.25) is 4.98 Å². The first kappa shape index (κ1) is 13.2. The van der Waals surface area contributed by atoms with Gasteiger partial charge in [-0.05, 0) is 24.3 Å². The second-order valence-electron chi connectivity index (χ2n) is 3.94. The third-order valence-corrected chi connectivity index (χ3v) is 3.73. The van der Waals surface area contributed by atoms with Crippen molar-refractivity contribution < 1.29 is 0 Å². The highest BCUT2D eigenvalue weighted by atomic mass is 35.5. The number of aromatic nitrogens is 3. The molecule has 0 aliphatic carbocycles. The van der Waals surface area contributed by atoms with Crippen molar-refractivity contribution in [1.82, 2.24) is 13.7 Å². The third-order valence-electron chi connectivity index (χ3n) is 2.68. The van der Waals surface area contributed by atoms with Gasteiger partial charge in [0.05, 0.1) is 28.1 Å². The molecule has 0 atom stereocenters.